The molecule has 0 N–H and O–H groups in total. The summed E-state index contributed by atoms with van der Waals surface area (Å²) in [4.78, 5) is 38.9. The van der Waals surface area contributed by atoms with Crippen LogP contribution in [-0.2, 0) is 39.7 Å². The number of aryl methyl sites for hydroxylation is 1. The van der Waals surface area contributed by atoms with Gasteiger partial charge in [-0.05, 0) is 66.2 Å². The minimum Gasteiger partial charge on any atom is -0.429 e. The molecule has 3 fully saturated rings. The second-order valence-corrected chi connectivity index (χ2v) is 11.3. The maximum Gasteiger partial charge on any atom is 0.509 e. The molecule has 6 atom stereocenters. The zero-order valence-electron chi connectivity index (χ0n) is 23.7. The van der Waals surface area contributed by atoms with Crippen molar-refractivity contribution < 1.29 is 42.3 Å². The number of hydrogen-bond donors (Lipinski definition) is 0. The van der Waals surface area contributed by atoms with Gasteiger partial charge in [-0.1, -0.05) is 0 Å². The van der Waals surface area contributed by atoms with Gasteiger partial charge >= 0.3 is 11.8 Å². The number of rotatable bonds is 9. The monoisotopic (exact) mass is 571 g/mol. The van der Waals surface area contributed by atoms with Crippen molar-refractivity contribution in [2.24, 2.45) is 0 Å². The van der Waals surface area contributed by atoms with E-state index in [-0.39, 0.29) is 12.2 Å². The molecule has 0 bridgehead atoms. The second kappa shape index (κ2) is 13.6. The predicted octanol–water partition coefficient (Wildman–Crippen LogP) is 2.96. The lowest BCUT2D eigenvalue weighted by atomic mass is 10.1. The molecule has 3 aliphatic rings. The summed E-state index contributed by atoms with van der Waals surface area (Å²) in [7, 11) is 0. The van der Waals surface area contributed by atoms with Crippen LogP contribution in [0, 0.1) is 6.92 Å². The summed E-state index contributed by atoms with van der Waals surface area (Å²) in [5.74, 6) is 0. The van der Waals surface area contributed by atoms with Crippen molar-refractivity contribution in [1.29, 1.82) is 0 Å². The average Bonchev–Trinajstić information content (AvgIpc) is 3.23. The molecule has 0 aliphatic carbocycles. The fourth-order valence-corrected chi connectivity index (χ4v) is 5.00. The van der Waals surface area contributed by atoms with Gasteiger partial charge in [0, 0.05) is 25.0 Å². The molecule has 3 aliphatic heterocycles. The van der Waals surface area contributed by atoms with Crippen molar-refractivity contribution in [3.05, 3.63) is 32.6 Å². The number of carbonyl (C=O) groups excluding carboxylic acids is 1. The second-order valence-electron chi connectivity index (χ2n) is 11.3. The van der Waals surface area contributed by atoms with E-state index in [1.807, 2.05) is 0 Å². The van der Waals surface area contributed by atoms with Gasteiger partial charge in [0.15, 0.2) is 24.9 Å². The largest absolute Gasteiger partial charge is 0.509 e. The first-order chi connectivity index (χ1) is 19.1. The van der Waals surface area contributed by atoms with Crippen LogP contribution < -0.4 is 11.2 Å². The van der Waals surface area contributed by atoms with E-state index >= 15 is 0 Å². The van der Waals surface area contributed by atoms with Gasteiger partial charge in [0.1, 0.15) is 24.5 Å². The number of carbonyl (C=O) groups is 1. The van der Waals surface area contributed by atoms with E-state index in [0.29, 0.717) is 19.6 Å². The summed E-state index contributed by atoms with van der Waals surface area (Å²) in [6.07, 6.45) is 0.246. The summed E-state index contributed by atoms with van der Waals surface area (Å²) < 4.78 is 56.5. The Morgan fingerprint density at radius 1 is 1.05 bits per heavy atom. The lowest BCUT2D eigenvalue weighted by molar-refractivity contribution is -0.224. The van der Waals surface area contributed by atoms with Crippen LogP contribution in [0.1, 0.15) is 71.1 Å². The molecule has 0 saturated carbocycles. The summed E-state index contributed by atoms with van der Waals surface area (Å²) in [6.45, 7) is 6.39. The number of hydrogen-bond acceptors (Lipinski definition) is 10. The Balaban J connectivity index is 1.69. The molecule has 0 aromatic carbocycles. The SMILES string of the molecule is Cc1cn(C2O[C@H](COC3CCCCO3)[C@@H](OC3CCCCO3)[C@@H]2OC(=O)OC(C)(C)C)c(=O)n(CC[18F])c1=O. The highest BCUT2D eigenvalue weighted by Crippen LogP contribution is 2.36. The van der Waals surface area contributed by atoms with Crippen LogP contribution in [-0.4, -0.2) is 78.3 Å². The van der Waals surface area contributed by atoms with Crippen molar-refractivity contribution >= 4 is 6.16 Å². The molecule has 0 spiro atoms. The van der Waals surface area contributed by atoms with Crippen LogP contribution in [0.5, 0.6) is 0 Å². The molecule has 4 rings (SSSR count). The highest BCUT2D eigenvalue weighted by atomic mass is 18.2. The molecule has 1 aromatic heterocycles. The number of nitrogens with zero attached hydrogens (tertiary/aromatic N) is 2. The molecule has 13 heteroatoms. The molecule has 4 heterocycles. The highest BCUT2D eigenvalue weighted by Gasteiger charge is 2.51. The van der Waals surface area contributed by atoms with Crippen molar-refractivity contribution in [3.8, 4) is 0 Å². The molecule has 1 aromatic rings. The van der Waals surface area contributed by atoms with Gasteiger partial charge in [0.25, 0.3) is 5.56 Å². The third-order valence-electron chi connectivity index (χ3n) is 6.89. The lowest BCUT2D eigenvalue weighted by Crippen LogP contribution is -2.47. The molecule has 3 unspecified atom stereocenters. The predicted molar refractivity (Wildman–Crippen MR) is 139 cm³/mol. The highest BCUT2D eigenvalue weighted by molar-refractivity contribution is 5.61. The van der Waals surface area contributed by atoms with Crippen LogP contribution in [0.15, 0.2) is 15.8 Å². The van der Waals surface area contributed by atoms with Crippen molar-refractivity contribution in [2.75, 3.05) is 26.5 Å². The zero-order valence-corrected chi connectivity index (χ0v) is 23.7. The maximum atomic E-state index is 13.4. The third-order valence-corrected chi connectivity index (χ3v) is 6.89. The first-order valence-electron chi connectivity index (χ1n) is 14.0. The lowest BCUT2D eigenvalue weighted by Gasteiger charge is -2.31. The van der Waals surface area contributed by atoms with E-state index in [2.05, 4.69) is 0 Å². The van der Waals surface area contributed by atoms with Gasteiger partial charge in [-0.3, -0.25) is 13.9 Å². The molecule has 226 valence electrons. The Morgan fingerprint density at radius 3 is 2.33 bits per heavy atom. The van der Waals surface area contributed by atoms with Crippen molar-refractivity contribution in [2.45, 2.75) is 115 Å². The summed E-state index contributed by atoms with van der Waals surface area (Å²) in [5, 5.41) is 0. The number of aromatic nitrogens is 2. The summed E-state index contributed by atoms with van der Waals surface area (Å²) in [6, 6.07) is 0. The number of halogens is 1. The standard InChI is InChI=1S/C27H41FN2O10/c1-17-15-30(25(32)29(12-11-28)23(17)31)24-22(39-26(33)40-27(2,3)4)21(38-20-10-6-8-14-35-20)18(37-24)16-36-19-9-5-7-13-34-19/h15,18-22,24H,5-14,16H2,1-4H3/t18-,19?,20?,21-,22+,24?/m1/s1/i28-1. The Bertz CT molecular complexity index is 1100. The van der Waals surface area contributed by atoms with E-state index in [9.17, 15) is 18.8 Å². The van der Waals surface area contributed by atoms with Gasteiger partial charge < -0.3 is 33.2 Å². The minimum atomic E-state index is -1.22. The van der Waals surface area contributed by atoms with Crippen LogP contribution in [0.25, 0.3) is 0 Å². The van der Waals surface area contributed by atoms with Gasteiger partial charge in [0.05, 0.1) is 13.2 Å². The van der Waals surface area contributed by atoms with Crippen LogP contribution in [0.4, 0.5) is 9.18 Å². The normalized spacial score (nSPS) is 29.3. The summed E-state index contributed by atoms with van der Waals surface area (Å²) >= 11 is 0. The molecule has 0 amide bonds. The molecule has 3 saturated heterocycles. The van der Waals surface area contributed by atoms with Crippen LogP contribution in [0.2, 0.25) is 0 Å². The molecule has 0 radical (unpaired) electrons. The molecular formula is C27H41FN2O10. The van der Waals surface area contributed by atoms with E-state index < -0.39 is 73.3 Å². The van der Waals surface area contributed by atoms with E-state index in [1.165, 1.54) is 13.1 Å². The maximum absolute atomic E-state index is 13.4. The molecular weight excluding hydrogens is 530 g/mol. The van der Waals surface area contributed by atoms with Crippen LogP contribution >= 0.6 is 0 Å². The topological polar surface area (TPSA) is 126 Å². The molecule has 12 nitrogen and oxygen atoms in total. The molecule has 40 heavy (non-hydrogen) atoms. The van der Waals surface area contributed by atoms with Gasteiger partial charge in [-0.25, -0.2) is 14.0 Å². The zero-order chi connectivity index (χ0) is 28.9. The quantitative estimate of drug-likeness (QED) is 0.409. The fourth-order valence-electron chi connectivity index (χ4n) is 5.00. The first-order valence-corrected chi connectivity index (χ1v) is 14.0. The van der Waals surface area contributed by atoms with E-state index in [0.717, 1.165) is 41.2 Å². The van der Waals surface area contributed by atoms with E-state index in [1.54, 1.807) is 20.8 Å². The van der Waals surface area contributed by atoms with Crippen molar-refractivity contribution in [3.63, 3.8) is 0 Å². The van der Waals surface area contributed by atoms with Gasteiger partial charge in [-0.15, -0.1) is 0 Å². The first kappa shape index (κ1) is 30.6. The van der Waals surface area contributed by atoms with Crippen LogP contribution in [0.3, 0.4) is 0 Å². The fraction of sp³-hybridized carbons (Fsp3) is 0.815. The smallest absolute Gasteiger partial charge is 0.429 e. The summed E-state index contributed by atoms with van der Waals surface area (Å²) in [5.41, 5.74) is -2.08. The van der Waals surface area contributed by atoms with Gasteiger partial charge in [-0.2, -0.15) is 0 Å². The minimum absolute atomic E-state index is 0.0184. The van der Waals surface area contributed by atoms with Crippen molar-refractivity contribution in [1.82, 2.24) is 9.13 Å². The third kappa shape index (κ3) is 7.69. The number of ether oxygens (including phenoxy) is 7. The average molecular weight is 572 g/mol. The Kier molecular flexibility index (Phi) is 10.4. The Morgan fingerprint density at radius 2 is 1.73 bits per heavy atom. The number of alkyl halides is 1. The Hall–Kier alpha value is -2.32. The van der Waals surface area contributed by atoms with Gasteiger partial charge in [0.2, 0.25) is 0 Å². The Labute approximate surface area is 232 Å². The van der Waals surface area contributed by atoms with E-state index in [4.69, 9.17) is 33.2 Å².